The van der Waals surface area contributed by atoms with Gasteiger partial charge in [-0.25, -0.2) is 0 Å². The quantitative estimate of drug-likeness (QED) is 0.338. The summed E-state index contributed by atoms with van der Waals surface area (Å²) in [5, 5.41) is 21.1. The fourth-order valence-corrected chi connectivity index (χ4v) is 5.53. The molecule has 24 heavy (non-hydrogen) atoms. The first-order valence-corrected chi connectivity index (χ1v) is 10.5. The van der Waals surface area contributed by atoms with Gasteiger partial charge in [-0.2, -0.15) is 0 Å². The molecule has 3 heteroatoms. The van der Waals surface area contributed by atoms with Crippen LogP contribution in [0.25, 0.3) is 5.57 Å². The topological polar surface area (TPSA) is 40.5 Å². The Hall–Kier alpha value is -0.970. The van der Waals surface area contributed by atoms with Crippen molar-refractivity contribution >= 4 is 28.2 Å². The minimum atomic E-state index is 0.0582. The predicted octanol–water partition coefficient (Wildman–Crippen LogP) is 5.68. The smallest absolute Gasteiger partial charge is 0.165 e. The molecule has 0 bridgehead atoms. The van der Waals surface area contributed by atoms with Gasteiger partial charge in [-0.1, -0.05) is 35.6 Å². The Kier molecular flexibility index (Phi) is 4.40. The molecule has 0 saturated heterocycles. The molecular formula is C21H25IO2. The van der Waals surface area contributed by atoms with E-state index in [1.165, 1.54) is 53.5 Å². The van der Waals surface area contributed by atoms with Crippen molar-refractivity contribution in [3.05, 3.63) is 40.0 Å². The summed E-state index contributed by atoms with van der Waals surface area (Å²) in [6.45, 7) is 2.28. The second kappa shape index (κ2) is 6.40. The number of aromatic hydroxyl groups is 2. The summed E-state index contributed by atoms with van der Waals surface area (Å²) in [5.41, 5.74) is 7.76. The van der Waals surface area contributed by atoms with E-state index in [1.54, 1.807) is 6.07 Å². The fourth-order valence-electron chi connectivity index (χ4n) is 4.74. The minimum absolute atomic E-state index is 0.0582. The molecular weight excluding hydrogens is 411 g/mol. The Balaban J connectivity index is 1.98. The predicted molar refractivity (Wildman–Crippen MR) is 107 cm³/mol. The SMILES string of the molecule is C[C@@H]1C(c2c(O)c(O)cc3c2CCCC3)=C2CCCCC2=C[C@@H]1I. The summed E-state index contributed by atoms with van der Waals surface area (Å²) in [7, 11) is 0. The Morgan fingerprint density at radius 2 is 1.71 bits per heavy atom. The highest BCUT2D eigenvalue weighted by molar-refractivity contribution is 14.1. The van der Waals surface area contributed by atoms with Crippen molar-refractivity contribution in [3.63, 3.8) is 0 Å². The molecule has 0 amide bonds. The number of rotatable bonds is 1. The molecule has 4 rings (SSSR count). The number of phenols is 2. The molecule has 0 aliphatic heterocycles. The molecule has 0 unspecified atom stereocenters. The number of hydrogen-bond donors (Lipinski definition) is 2. The van der Waals surface area contributed by atoms with Crippen LogP contribution in [-0.4, -0.2) is 14.1 Å². The molecule has 2 nitrogen and oxygen atoms in total. The molecule has 0 radical (unpaired) electrons. The van der Waals surface area contributed by atoms with E-state index >= 15 is 0 Å². The average Bonchev–Trinajstić information content (AvgIpc) is 2.58. The summed E-state index contributed by atoms with van der Waals surface area (Å²) in [6.07, 6.45) is 11.6. The maximum absolute atomic E-state index is 10.8. The van der Waals surface area contributed by atoms with Gasteiger partial charge in [-0.05, 0) is 91.2 Å². The molecule has 3 aliphatic carbocycles. The van der Waals surface area contributed by atoms with Crippen LogP contribution in [-0.2, 0) is 12.8 Å². The van der Waals surface area contributed by atoms with Crippen LogP contribution >= 0.6 is 22.6 Å². The standard InChI is InChI=1S/C21H25IO2/c1-12-17(22)10-13-6-2-4-8-15(13)19(12)20-16-9-5-3-7-14(16)11-18(23)21(20)24/h10-12,17,23-24H,2-9H2,1H3/t12-,17-/m0/s1. The van der Waals surface area contributed by atoms with E-state index in [1.807, 2.05) is 0 Å². The highest BCUT2D eigenvalue weighted by Crippen LogP contribution is 2.51. The number of aryl methyl sites for hydroxylation is 1. The van der Waals surface area contributed by atoms with Crippen LogP contribution in [0.4, 0.5) is 0 Å². The maximum atomic E-state index is 10.8. The molecule has 2 atom stereocenters. The van der Waals surface area contributed by atoms with Crippen LogP contribution in [0.1, 0.15) is 62.1 Å². The van der Waals surface area contributed by atoms with Crippen molar-refractivity contribution in [3.8, 4) is 11.5 Å². The number of halogens is 1. The van der Waals surface area contributed by atoms with Crippen LogP contribution in [0.5, 0.6) is 11.5 Å². The average molecular weight is 436 g/mol. The zero-order valence-electron chi connectivity index (χ0n) is 14.2. The minimum Gasteiger partial charge on any atom is -0.504 e. The molecule has 1 aromatic rings. The molecule has 1 saturated carbocycles. The Morgan fingerprint density at radius 3 is 2.54 bits per heavy atom. The van der Waals surface area contributed by atoms with Crippen molar-refractivity contribution in [1.82, 2.24) is 0 Å². The van der Waals surface area contributed by atoms with Crippen molar-refractivity contribution in [2.45, 2.75) is 62.2 Å². The largest absolute Gasteiger partial charge is 0.504 e. The summed E-state index contributed by atoms with van der Waals surface area (Å²) >= 11 is 2.54. The van der Waals surface area contributed by atoms with Crippen LogP contribution in [0.3, 0.4) is 0 Å². The second-order valence-corrected chi connectivity index (χ2v) is 8.93. The number of benzene rings is 1. The highest BCUT2D eigenvalue weighted by atomic mass is 127. The van der Waals surface area contributed by atoms with Crippen molar-refractivity contribution in [2.75, 3.05) is 0 Å². The summed E-state index contributed by atoms with van der Waals surface area (Å²) in [6, 6.07) is 1.80. The molecule has 2 N–H and O–H groups in total. The number of alkyl halides is 1. The van der Waals surface area contributed by atoms with Gasteiger partial charge >= 0.3 is 0 Å². The fraction of sp³-hybridized carbons (Fsp3) is 0.524. The zero-order valence-corrected chi connectivity index (χ0v) is 16.4. The normalized spacial score (nSPS) is 26.7. The molecule has 1 aromatic carbocycles. The highest BCUT2D eigenvalue weighted by Gasteiger charge is 2.33. The first kappa shape index (κ1) is 16.5. The second-order valence-electron chi connectivity index (χ2n) is 7.49. The van der Waals surface area contributed by atoms with Crippen LogP contribution in [0.15, 0.2) is 23.3 Å². The molecule has 0 heterocycles. The zero-order chi connectivity index (χ0) is 16.8. The van der Waals surface area contributed by atoms with Gasteiger partial charge in [-0.3, -0.25) is 0 Å². The van der Waals surface area contributed by atoms with E-state index in [4.69, 9.17) is 0 Å². The van der Waals surface area contributed by atoms with Crippen LogP contribution in [0.2, 0.25) is 0 Å². The first-order chi connectivity index (χ1) is 11.6. The molecule has 0 spiro atoms. The van der Waals surface area contributed by atoms with Gasteiger partial charge in [0.2, 0.25) is 0 Å². The lowest BCUT2D eigenvalue weighted by Crippen LogP contribution is -2.22. The van der Waals surface area contributed by atoms with E-state index in [2.05, 4.69) is 35.6 Å². The number of phenolic OH excluding ortho intramolecular Hbond substituents is 2. The van der Waals surface area contributed by atoms with E-state index in [9.17, 15) is 10.2 Å². The van der Waals surface area contributed by atoms with Crippen molar-refractivity contribution in [2.24, 2.45) is 5.92 Å². The number of hydrogen-bond acceptors (Lipinski definition) is 2. The van der Waals surface area contributed by atoms with Crippen LogP contribution < -0.4 is 0 Å². The summed E-state index contributed by atoms with van der Waals surface area (Å²) < 4.78 is 0.454. The monoisotopic (exact) mass is 436 g/mol. The molecule has 128 valence electrons. The number of fused-ring (bicyclic) bond motifs is 2. The van der Waals surface area contributed by atoms with Crippen molar-refractivity contribution < 1.29 is 10.2 Å². The third-order valence-electron chi connectivity index (χ3n) is 6.00. The maximum Gasteiger partial charge on any atom is 0.165 e. The van der Waals surface area contributed by atoms with E-state index in [0.717, 1.165) is 31.2 Å². The molecule has 0 aromatic heterocycles. The van der Waals surface area contributed by atoms with E-state index < -0.39 is 0 Å². The Bertz CT molecular complexity index is 745. The van der Waals surface area contributed by atoms with E-state index in [-0.39, 0.29) is 11.5 Å². The van der Waals surface area contributed by atoms with Gasteiger partial charge in [0.1, 0.15) is 0 Å². The lowest BCUT2D eigenvalue weighted by Gasteiger charge is -2.35. The summed E-state index contributed by atoms with van der Waals surface area (Å²) in [4.78, 5) is 0. The lowest BCUT2D eigenvalue weighted by atomic mass is 9.72. The van der Waals surface area contributed by atoms with Gasteiger partial charge in [0, 0.05) is 9.49 Å². The third kappa shape index (κ3) is 2.59. The van der Waals surface area contributed by atoms with Gasteiger partial charge < -0.3 is 10.2 Å². The lowest BCUT2D eigenvalue weighted by molar-refractivity contribution is 0.399. The Labute approximate surface area is 157 Å². The van der Waals surface area contributed by atoms with Gasteiger partial charge in [0.15, 0.2) is 11.5 Å². The van der Waals surface area contributed by atoms with Gasteiger partial charge in [-0.15, -0.1) is 0 Å². The first-order valence-electron chi connectivity index (χ1n) is 9.23. The summed E-state index contributed by atoms with van der Waals surface area (Å²) in [5.74, 6) is 0.546. The van der Waals surface area contributed by atoms with Gasteiger partial charge in [0.05, 0.1) is 0 Å². The Morgan fingerprint density at radius 1 is 1.00 bits per heavy atom. The molecule has 1 fully saturated rings. The van der Waals surface area contributed by atoms with Crippen molar-refractivity contribution in [1.29, 1.82) is 0 Å². The number of allylic oxidation sites excluding steroid dienone is 4. The van der Waals surface area contributed by atoms with E-state index in [0.29, 0.717) is 9.84 Å². The van der Waals surface area contributed by atoms with Crippen LogP contribution in [0, 0.1) is 5.92 Å². The molecule has 3 aliphatic rings. The third-order valence-corrected chi connectivity index (χ3v) is 7.44. The van der Waals surface area contributed by atoms with Gasteiger partial charge in [0.25, 0.3) is 0 Å².